The van der Waals surface area contributed by atoms with E-state index < -0.39 is 17.7 Å². The van der Waals surface area contributed by atoms with Crippen molar-refractivity contribution >= 4 is 11.7 Å². The summed E-state index contributed by atoms with van der Waals surface area (Å²) >= 11 is 0. The van der Waals surface area contributed by atoms with E-state index in [1.165, 1.54) is 10.7 Å². The Labute approximate surface area is 166 Å². The van der Waals surface area contributed by atoms with Crippen molar-refractivity contribution in [3.05, 3.63) is 82.1 Å². The monoisotopic (exact) mass is 398 g/mol. The Bertz CT molecular complexity index is 1070. The molecule has 0 radical (unpaired) electrons. The van der Waals surface area contributed by atoms with Crippen LogP contribution in [-0.2, 0) is 6.54 Å². The van der Waals surface area contributed by atoms with Crippen LogP contribution in [0.15, 0.2) is 59.4 Å². The standard InChI is InChI=1S/C21H20F2N4O2/c1-14-3-5-15(6-4-14)18-9-10-20(28)27(26-18)12-2-11-24-21(29)25-19-8-7-16(22)13-17(19)23/h3-10,13H,2,11-12H2,1H3,(H2,24,25,29). The van der Waals surface area contributed by atoms with Crippen LogP contribution < -0.4 is 16.2 Å². The number of hydrogen-bond acceptors (Lipinski definition) is 3. The third-order valence-corrected chi connectivity index (χ3v) is 4.23. The summed E-state index contributed by atoms with van der Waals surface area (Å²) in [5, 5.41) is 9.24. The lowest BCUT2D eigenvalue weighted by atomic mass is 10.1. The van der Waals surface area contributed by atoms with Gasteiger partial charge in [-0.05, 0) is 31.5 Å². The van der Waals surface area contributed by atoms with E-state index in [9.17, 15) is 18.4 Å². The van der Waals surface area contributed by atoms with Gasteiger partial charge in [0, 0.05) is 30.8 Å². The van der Waals surface area contributed by atoms with E-state index >= 15 is 0 Å². The molecule has 8 heteroatoms. The third kappa shape index (κ3) is 5.47. The normalized spacial score (nSPS) is 10.6. The Hall–Kier alpha value is -3.55. The maximum Gasteiger partial charge on any atom is 0.319 e. The molecule has 3 aromatic rings. The molecule has 0 atom stereocenters. The van der Waals surface area contributed by atoms with Gasteiger partial charge in [0.25, 0.3) is 5.56 Å². The molecular weight excluding hydrogens is 378 g/mol. The van der Waals surface area contributed by atoms with Crippen molar-refractivity contribution in [1.29, 1.82) is 0 Å². The smallest absolute Gasteiger partial charge is 0.319 e. The number of benzene rings is 2. The number of halogens is 2. The van der Waals surface area contributed by atoms with Crippen LogP contribution >= 0.6 is 0 Å². The van der Waals surface area contributed by atoms with Gasteiger partial charge in [-0.1, -0.05) is 29.8 Å². The zero-order valence-electron chi connectivity index (χ0n) is 15.8. The molecule has 6 nitrogen and oxygen atoms in total. The number of aryl methyl sites for hydroxylation is 2. The third-order valence-electron chi connectivity index (χ3n) is 4.23. The predicted octanol–water partition coefficient (Wildman–Crippen LogP) is 3.71. The molecule has 0 aliphatic heterocycles. The minimum absolute atomic E-state index is 0.118. The fourth-order valence-electron chi connectivity index (χ4n) is 2.68. The lowest BCUT2D eigenvalue weighted by Gasteiger charge is -2.10. The molecule has 0 saturated carbocycles. The maximum atomic E-state index is 13.5. The summed E-state index contributed by atoms with van der Waals surface area (Å²) in [6, 6.07) is 13.2. The first kappa shape index (κ1) is 20.2. The Morgan fingerprint density at radius 3 is 2.55 bits per heavy atom. The Balaban J connectivity index is 1.53. The van der Waals surface area contributed by atoms with Crippen LogP contribution in [0, 0.1) is 18.6 Å². The summed E-state index contributed by atoms with van der Waals surface area (Å²) in [5.41, 5.74) is 2.36. The van der Waals surface area contributed by atoms with Crippen molar-refractivity contribution in [2.24, 2.45) is 0 Å². The van der Waals surface area contributed by atoms with Crippen molar-refractivity contribution in [3.63, 3.8) is 0 Å². The molecule has 0 spiro atoms. The first-order chi connectivity index (χ1) is 13.9. The fourth-order valence-corrected chi connectivity index (χ4v) is 2.68. The minimum Gasteiger partial charge on any atom is -0.338 e. The minimum atomic E-state index is -0.858. The molecule has 0 bridgehead atoms. The number of rotatable bonds is 6. The van der Waals surface area contributed by atoms with Crippen LogP contribution in [0.5, 0.6) is 0 Å². The molecule has 2 N–H and O–H groups in total. The van der Waals surface area contributed by atoms with E-state index in [0.717, 1.165) is 23.3 Å². The van der Waals surface area contributed by atoms with Crippen molar-refractivity contribution in [3.8, 4) is 11.3 Å². The summed E-state index contributed by atoms with van der Waals surface area (Å²) in [7, 11) is 0. The van der Waals surface area contributed by atoms with Gasteiger partial charge in [0.05, 0.1) is 11.4 Å². The van der Waals surface area contributed by atoms with Crippen LogP contribution in [0.2, 0.25) is 0 Å². The topological polar surface area (TPSA) is 76.0 Å². The van der Waals surface area contributed by atoms with Gasteiger partial charge in [-0.3, -0.25) is 4.79 Å². The van der Waals surface area contributed by atoms with Crippen molar-refractivity contribution < 1.29 is 13.6 Å². The SMILES string of the molecule is Cc1ccc(-c2ccc(=O)n(CCCNC(=O)Nc3ccc(F)cc3F)n2)cc1. The number of hydrogen-bond donors (Lipinski definition) is 2. The number of carbonyl (C=O) groups excluding carboxylic acids is 1. The average molecular weight is 398 g/mol. The molecule has 2 amide bonds. The second-order valence-electron chi connectivity index (χ2n) is 6.50. The second kappa shape index (κ2) is 9.09. The Kier molecular flexibility index (Phi) is 6.33. The van der Waals surface area contributed by atoms with E-state index in [0.29, 0.717) is 24.7 Å². The van der Waals surface area contributed by atoms with Gasteiger partial charge in [-0.15, -0.1) is 0 Å². The molecule has 0 aliphatic carbocycles. The lowest BCUT2D eigenvalue weighted by Crippen LogP contribution is -2.31. The molecule has 1 heterocycles. The molecule has 3 rings (SSSR count). The molecule has 2 aromatic carbocycles. The Morgan fingerprint density at radius 2 is 1.83 bits per heavy atom. The molecule has 29 heavy (non-hydrogen) atoms. The van der Waals surface area contributed by atoms with Crippen molar-refractivity contribution in [1.82, 2.24) is 15.1 Å². The highest BCUT2D eigenvalue weighted by Crippen LogP contribution is 2.16. The van der Waals surface area contributed by atoms with E-state index in [1.54, 1.807) is 6.07 Å². The van der Waals surface area contributed by atoms with Gasteiger partial charge in [0.1, 0.15) is 11.6 Å². The number of aromatic nitrogens is 2. The summed E-state index contributed by atoms with van der Waals surface area (Å²) in [6.07, 6.45) is 0.448. The molecule has 0 saturated heterocycles. The van der Waals surface area contributed by atoms with Crippen LogP contribution in [-0.4, -0.2) is 22.4 Å². The summed E-state index contributed by atoms with van der Waals surface area (Å²) in [4.78, 5) is 23.8. The quantitative estimate of drug-likeness (QED) is 0.622. The largest absolute Gasteiger partial charge is 0.338 e. The van der Waals surface area contributed by atoms with Gasteiger partial charge in [0.15, 0.2) is 0 Å². The van der Waals surface area contributed by atoms with Gasteiger partial charge >= 0.3 is 6.03 Å². The zero-order valence-corrected chi connectivity index (χ0v) is 15.8. The highest BCUT2D eigenvalue weighted by Gasteiger charge is 2.08. The number of urea groups is 1. The molecule has 0 aliphatic rings. The first-order valence-corrected chi connectivity index (χ1v) is 9.07. The Morgan fingerprint density at radius 1 is 1.07 bits per heavy atom. The van der Waals surface area contributed by atoms with Crippen LogP contribution in [0.1, 0.15) is 12.0 Å². The highest BCUT2D eigenvalue weighted by molar-refractivity contribution is 5.89. The van der Waals surface area contributed by atoms with Gasteiger partial charge in [-0.25, -0.2) is 18.3 Å². The van der Waals surface area contributed by atoms with Crippen LogP contribution in [0.25, 0.3) is 11.3 Å². The second-order valence-corrected chi connectivity index (χ2v) is 6.50. The van der Waals surface area contributed by atoms with Gasteiger partial charge in [-0.2, -0.15) is 5.10 Å². The molecular formula is C21H20F2N4O2. The van der Waals surface area contributed by atoms with E-state index in [-0.39, 0.29) is 17.8 Å². The van der Waals surface area contributed by atoms with Gasteiger partial charge < -0.3 is 10.6 Å². The molecule has 1 aromatic heterocycles. The van der Waals surface area contributed by atoms with Crippen molar-refractivity contribution in [2.75, 3.05) is 11.9 Å². The number of carbonyl (C=O) groups is 1. The first-order valence-electron chi connectivity index (χ1n) is 9.07. The number of nitrogens with zero attached hydrogens (tertiary/aromatic N) is 2. The number of anilines is 1. The highest BCUT2D eigenvalue weighted by atomic mass is 19.1. The summed E-state index contributed by atoms with van der Waals surface area (Å²) in [5.74, 6) is -1.58. The van der Waals surface area contributed by atoms with E-state index in [1.807, 2.05) is 31.2 Å². The molecule has 150 valence electrons. The van der Waals surface area contributed by atoms with Crippen LogP contribution in [0.4, 0.5) is 19.3 Å². The molecule has 0 fully saturated rings. The van der Waals surface area contributed by atoms with E-state index in [4.69, 9.17) is 0 Å². The summed E-state index contributed by atoms with van der Waals surface area (Å²) in [6.45, 7) is 2.55. The zero-order chi connectivity index (χ0) is 20.8. The predicted molar refractivity (Wildman–Crippen MR) is 107 cm³/mol. The maximum absolute atomic E-state index is 13.5. The molecule has 0 unspecified atom stereocenters. The fraction of sp³-hybridized carbons (Fsp3) is 0.190. The number of amides is 2. The van der Waals surface area contributed by atoms with Crippen molar-refractivity contribution in [2.45, 2.75) is 19.9 Å². The average Bonchev–Trinajstić information content (AvgIpc) is 2.69. The summed E-state index contributed by atoms with van der Waals surface area (Å²) < 4.78 is 27.8. The van der Waals surface area contributed by atoms with Crippen LogP contribution in [0.3, 0.4) is 0 Å². The lowest BCUT2D eigenvalue weighted by molar-refractivity contribution is 0.251. The number of nitrogens with one attached hydrogen (secondary N) is 2. The van der Waals surface area contributed by atoms with E-state index in [2.05, 4.69) is 15.7 Å². The van der Waals surface area contributed by atoms with Gasteiger partial charge in [0.2, 0.25) is 0 Å².